The van der Waals surface area contributed by atoms with Gasteiger partial charge in [-0.1, -0.05) is 6.07 Å². The molecule has 2 aromatic rings. The maximum atomic E-state index is 11.0. The number of hydrogen-bond acceptors (Lipinski definition) is 4. The van der Waals surface area contributed by atoms with Gasteiger partial charge in [0.15, 0.2) is 0 Å². The summed E-state index contributed by atoms with van der Waals surface area (Å²) in [5, 5.41) is 5.97. The van der Waals surface area contributed by atoms with Crippen molar-refractivity contribution >= 4 is 29.2 Å². The van der Waals surface area contributed by atoms with Crippen LogP contribution in [0.15, 0.2) is 47.4 Å². The minimum atomic E-state index is -0.0557. The van der Waals surface area contributed by atoms with Crippen LogP contribution >= 0.6 is 11.8 Å². The van der Waals surface area contributed by atoms with Gasteiger partial charge in [-0.15, -0.1) is 11.8 Å². The summed E-state index contributed by atoms with van der Waals surface area (Å²) in [6.45, 7) is 4.43. The number of nitrogens with one attached hydrogen (secondary N) is 2. The van der Waals surface area contributed by atoms with Gasteiger partial charge in [0.05, 0.1) is 5.69 Å². The summed E-state index contributed by atoms with van der Waals surface area (Å²) in [5.74, 6) is 1.68. The van der Waals surface area contributed by atoms with Gasteiger partial charge in [-0.05, 0) is 43.3 Å². The third kappa shape index (κ3) is 5.11. The SMILES string of the molecule is CCNc1cccc(CSc2ccc(NC(C)=O)cc2)n1. The molecule has 1 amide bonds. The third-order valence-corrected chi connectivity index (χ3v) is 3.77. The molecule has 2 rings (SSSR count). The van der Waals surface area contributed by atoms with Crippen molar-refractivity contribution < 1.29 is 4.79 Å². The van der Waals surface area contributed by atoms with Crippen LogP contribution in [0, 0.1) is 0 Å². The first-order valence-electron chi connectivity index (χ1n) is 6.87. The Morgan fingerprint density at radius 3 is 2.62 bits per heavy atom. The van der Waals surface area contributed by atoms with Crippen LogP contribution in [0.3, 0.4) is 0 Å². The molecular weight excluding hydrogens is 282 g/mol. The smallest absolute Gasteiger partial charge is 0.221 e. The maximum absolute atomic E-state index is 11.0. The lowest BCUT2D eigenvalue weighted by Gasteiger charge is -2.06. The Bertz CT molecular complexity index is 599. The molecule has 1 aromatic heterocycles. The van der Waals surface area contributed by atoms with E-state index in [1.165, 1.54) is 6.92 Å². The molecule has 0 saturated heterocycles. The van der Waals surface area contributed by atoms with Crippen LogP contribution in [0.2, 0.25) is 0 Å². The standard InChI is InChI=1S/C16H19N3OS/c1-3-17-16-6-4-5-14(19-16)11-21-15-9-7-13(8-10-15)18-12(2)20/h4-10H,3,11H2,1-2H3,(H,17,19)(H,18,20). The van der Waals surface area contributed by atoms with Crippen molar-refractivity contribution in [1.82, 2.24) is 4.98 Å². The van der Waals surface area contributed by atoms with E-state index in [9.17, 15) is 4.79 Å². The minimum Gasteiger partial charge on any atom is -0.370 e. The Morgan fingerprint density at radius 2 is 1.95 bits per heavy atom. The molecule has 0 atom stereocenters. The van der Waals surface area contributed by atoms with E-state index in [2.05, 4.69) is 22.5 Å². The van der Waals surface area contributed by atoms with Crippen LogP contribution < -0.4 is 10.6 Å². The van der Waals surface area contributed by atoms with Crippen LogP contribution in [0.1, 0.15) is 19.5 Å². The highest BCUT2D eigenvalue weighted by molar-refractivity contribution is 7.98. The van der Waals surface area contributed by atoms with E-state index >= 15 is 0 Å². The largest absolute Gasteiger partial charge is 0.370 e. The Kier molecular flexibility index (Phi) is 5.63. The molecule has 0 aliphatic heterocycles. The van der Waals surface area contributed by atoms with Gasteiger partial charge < -0.3 is 10.6 Å². The van der Waals surface area contributed by atoms with Crippen molar-refractivity contribution in [2.24, 2.45) is 0 Å². The number of thioether (sulfide) groups is 1. The summed E-state index contributed by atoms with van der Waals surface area (Å²) >= 11 is 1.72. The molecule has 0 fully saturated rings. The Labute approximate surface area is 129 Å². The molecule has 110 valence electrons. The molecule has 4 nitrogen and oxygen atoms in total. The summed E-state index contributed by atoms with van der Waals surface area (Å²) in [5.41, 5.74) is 1.86. The number of amides is 1. The zero-order valence-corrected chi connectivity index (χ0v) is 13.0. The molecule has 1 aromatic carbocycles. The van der Waals surface area contributed by atoms with Crippen molar-refractivity contribution in [2.75, 3.05) is 17.2 Å². The van der Waals surface area contributed by atoms with Gasteiger partial charge in [0, 0.05) is 29.8 Å². The Hall–Kier alpha value is -2.01. The lowest BCUT2D eigenvalue weighted by molar-refractivity contribution is -0.114. The van der Waals surface area contributed by atoms with Gasteiger partial charge in [0.25, 0.3) is 0 Å². The van der Waals surface area contributed by atoms with E-state index in [0.717, 1.165) is 34.4 Å². The fourth-order valence-electron chi connectivity index (χ4n) is 1.83. The van der Waals surface area contributed by atoms with Crippen LogP contribution in [0.4, 0.5) is 11.5 Å². The quantitative estimate of drug-likeness (QED) is 0.798. The van der Waals surface area contributed by atoms with E-state index < -0.39 is 0 Å². The molecule has 21 heavy (non-hydrogen) atoms. The molecule has 5 heteroatoms. The first-order chi connectivity index (χ1) is 10.2. The van der Waals surface area contributed by atoms with E-state index in [-0.39, 0.29) is 5.91 Å². The Morgan fingerprint density at radius 1 is 1.19 bits per heavy atom. The van der Waals surface area contributed by atoms with Crippen LogP contribution in [0.5, 0.6) is 0 Å². The number of hydrogen-bond donors (Lipinski definition) is 2. The Balaban J connectivity index is 1.93. The van der Waals surface area contributed by atoms with Gasteiger partial charge in [-0.25, -0.2) is 4.98 Å². The number of rotatable bonds is 6. The minimum absolute atomic E-state index is 0.0557. The van der Waals surface area contributed by atoms with Gasteiger partial charge in [0.1, 0.15) is 5.82 Å². The molecule has 0 spiro atoms. The number of nitrogens with zero attached hydrogens (tertiary/aromatic N) is 1. The fraction of sp³-hybridized carbons (Fsp3) is 0.250. The average Bonchev–Trinajstić information content (AvgIpc) is 2.47. The van der Waals surface area contributed by atoms with Crippen LogP contribution in [0.25, 0.3) is 0 Å². The van der Waals surface area contributed by atoms with Crippen molar-refractivity contribution in [3.8, 4) is 0 Å². The summed E-state index contributed by atoms with van der Waals surface area (Å²) in [4.78, 5) is 16.7. The molecule has 0 radical (unpaired) electrons. The first-order valence-corrected chi connectivity index (χ1v) is 7.86. The zero-order valence-electron chi connectivity index (χ0n) is 12.2. The molecule has 0 aliphatic carbocycles. The summed E-state index contributed by atoms with van der Waals surface area (Å²) < 4.78 is 0. The van der Waals surface area contributed by atoms with Gasteiger partial charge in [0.2, 0.25) is 5.91 Å². The van der Waals surface area contributed by atoms with Crippen LogP contribution in [-0.2, 0) is 10.5 Å². The number of carbonyl (C=O) groups is 1. The molecule has 0 saturated carbocycles. The summed E-state index contributed by atoms with van der Waals surface area (Å²) in [7, 11) is 0. The number of benzene rings is 1. The molecule has 2 N–H and O–H groups in total. The molecule has 0 unspecified atom stereocenters. The highest BCUT2D eigenvalue weighted by Gasteiger charge is 2.00. The molecule has 0 aliphatic rings. The van der Waals surface area contributed by atoms with Crippen molar-refractivity contribution in [3.63, 3.8) is 0 Å². The average molecular weight is 301 g/mol. The third-order valence-electron chi connectivity index (χ3n) is 2.73. The zero-order chi connectivity index (χ0) is 15.1. The lowest BCUT2D eigenvalue weighted by Crippen LogP contribution is -2.05. The van der Waals surface area contributed by atoms with Gasteiger partial charge >= 0.3 is 0 Å². The second-order valence-electron chi connectivity index (χ2n) is 4.54. The topological polar surface area (TPSA) is 54.0 Å². The van der Waals surface area contributed by atoms with E-state index in [4.69, 9.17) is 0 Å². The predicted octanol–water partition coefficient (Wildman–Crippen LogP) is 3.76. The number of aromatic nitrogens is 1. The number of pyridine rings is 1. The second-order valence-corrected chi connectivity index (χ2v) is 5.59. The highest BCUT2D eigenvalue weighted by atomic mass is 32.2. The monoisotopic (exact) mass is 301 g/mol. The molecular formula is C16H19N3OS. The lowest BCUT2D eigenvalue weighted by atomic mass is 10.3. The normalized spacial score (nSPS) is 10.2. The summed E-state index contributed by atoms with van der Waals surface area (Å²) in [6.07, 6.45) is 0. The fourth-order valence-corrected chi connectivity index (χ4v) is 2.64. The maximum Gasteiger partial charge on any atom is 0.221 e. The van der Waals surface area contributed by atoms with E-state index in [1.54, 1.807) is 11.8 Å². The van der Waals surface area contributed by atoms with Gasteiger partial charge in [-0.2, -0.15) is 0 Å². The molecule has 0 bridgehead atoms. The van der Waals surface area contributed by atoms with Crippen molar-refractivity contribution in [3.05, 3.63) is 48.2 Å². The number of anilines is 2. The van der Waals surface area contributed by atoms with E-state index in [0.29, 0.717) is 0 Å². The highest BCUT2D eigenvalue weighted by Crippen LogP contribution is 2.24. The predicted molar refractivity (Wildman–Crippen MR) is 88.7 cm³/mol. The summed E-state index contributed by atoms with van der Waals surface area (Å²) in [6, 6.07) is 13.8. The van der Waals surface area contributed by atoms with Gasteiger partial charge in [-0.3, -0.25) is 4.79 Å². The van der Waals surface area contributed by atoms with Crippen molar-refractivity contribution in [2.45, 2.75) is 24.5 Å². The van der Waals surface area contributed by atoms with Crippen molar-refractivity contribution in [1.29, 1.82) is 0 Å². The first kappa shape index (κ1) is 15.4. The van der Waals surface area contributed by atoms with E-state index in [1.807, 2.05) is 42.5 Å². The molecule has 1 heterocycles. The second kappa shape index (κ2) is 7.69. The van der Waals surface area contributed by atoms with Crippen LogP contribution in [-0.4, -0.2) is 17.4 Å². The number of carbonyl (C=O) groups excluding carboxylic acids is 1.